The van der Waals surface area contributed by atoms with Gasteiger partial charge in [-0.05, 0) is 25.7 Å². The van der Waals surface area contributed by atoms with Gasteiger partial charge in [-0.3, -0.25) is 0 Å². The zero-order chi connectivity index (χ0) is 7.99. The molecule has 1 saturated carbocycles. The molecule has 1 nitrogen and oxygen atoms in total. The number of aliphatic hydroxyl groups is 1. The molecule has 0 spiro atoms. The van der Waals surface area contributed by atoms with E-state index in [4.69, 9.17) is 2.74 Å². The molecule has 0 saturated heterocycles. The minimum atomic E-state index is -1.15. The summed E-state index contributed by atoms with van der Waals surface area (Å²) in [6, 6.07) is 0. The topological polar surface area (TPSA) is 20.2 Å². The van der Waals surface area contributed by atoms with Crippen LogP contribution in [0.25, 0.3) is 0 Å². The molecular weight excluding hydrogens is 100 g/mol. The Hall–Kier alpha value is -0.0400. The van der Waals surface area contributed by atoms with Crippen molar-refractivity contribution >= 4 is 0 Å². The third kappa shape index (κ3) is 0.873. The van der Waals surface area contributed by atoms with Crippen LogP contribution in [0.1, 0.15) is 35.8 Å². The molecule has 48 valence electrons. The van der Waals surface area contributed by atoms with E-state index in [1.54, 1.807) is 6.92 Å². The maximum absolute atomic E-state index is 9.56. The van der Waals surface area contributed by atoms with Crippen molar-refractivity contribution in [2.75, 3.05) is 0 Å². The van der Waals surface area contributed by atoms with E-state index in [0.29, 0.717) is 6.42 Å². The molecule has 1 N–H and O–H groups in total. The zero-order valence-electron chi connectivity index (χ0n) is 7.44. The summed E-state index contributed by atoms with van der Waals surface area (Å²) in [5.41, 5.74) is -0.788. The van der Waals surface area contributed by atoms with Crippen LogP contribution in [0.15, 0.2) is 0 Å². The molecule has 1 aliphatic carbocycles. The van der Waals surface area contributed by atoms with E-state index in [-0.39, 0.29) is 12.3 Å². The van der Waals surface area contributed by atoms with Crippen LogP contribution in [0.5, 0.6) is 0 Å². The molecule has 0 heterocycles. The maximum Gasteiger partial charge on any atom is 0.0645 e. The van der Waals surface area contributed by atoms with E-state index in [0.717, 1.165) is 0 Å². The Bertz CT molecular complexity index is 143. The predicted molar refractivity (Wildman–Crippen MR) is 33.6 cm³/mol. The van der Waals surface area contributed by atoms with Gasteiger partial charge >= 0.3 is 0 Å². The number of rotatable bonds is 0. The predicted octanol–water partition coefficient (Wildman–Crippen LogP) is 1.56. The fourth-order valence-corrected chi connectivity index (χ4v) is 0.936. The molecule has 2 atom stereocenters. The van der Waals surface area contributed by atoms with Gasteiger partial charge in [-0.2, -0.15) is 0 Å². The normalized spacial score (nSPS) is 57.6. The van der Waals surface area contributed by atoms with E-state index in [1.165, 1.54) is 0 Å². The standard InChI is InChI=1S/C7H14O/c1-6-4-3-5-7(6,2)8/h6,8H,3-5H2,1-2H3/t6-,7+/m1/s1/i3D2. The van der Waals surface area contributed by atoms with Crippen molar-refractivity contribution in [1.29, 1.82) is 0 Å². The average molecular weight is 116 g/mol. The third-order valence-electron chi connectivity index (χ3n) is 2.00. The third-order valence-corrected chi connectivity index (χ3v) is 2.00. The smallest absolute Gasteiger partial charge is 0.0645 e. The molecule has 0 aliphatic heterocycles. The fraction of sp³-hybridized carbons (Fsp3) is 1.00. The molecule has 1 rings (SSSR count). The Morgan fingerprint density at radius 2 is 2.50 bits per heavy atom. The summed E-state index contributed by atoms with van der Waals surface area (Å²) in [4.78, 5) is 0. The molecule has 8 heavy (non-hydrogen) atoms. The van der Waals surface area contributed by atoms with Crippen molar-refractivity contribution in [3.05, 3.63) is 0 Å². The molecule has 1 fully saturated rings. The lowest BCUT2D eigenvalue weighted by atomic mass is 9.95. The van der Waals surface area contributed by atoms with Crippen molar-refractivity contribution in [2.45, 2.75) is 38.7 Å². The van der Waals surface area contributed by atoms with Crippen LogP contribution >= 0.6 is 0 Å². The first-order chi connectivity index (χ1) is 4.33. The quantitative estimate of drug-likeness (QED) is 0.509. The second kappa shape index (κ2) is 1.73. The van der Waals surface area contributed by atoms with Crippen LogP contribution in [0, 0.1) is 5.92 Å². The van der Waals surface area contributed by atoms with Gasteiger partial charge in [0.25, 0.3) is 0 Å². The van der Waals surface area contributed by atoms with Crippen molar-refractivity contribution < 1.29 is 7.85 Å². The average Bonchev–Trinajstić information content (AvgIpc) is 1.73. The molecule has 0 aromatic rings. The minimum absolute atomic E-state index is 0.0856. The molecule has 0 unspecified atom stereocenters. The highest BCUT2D eigenvalue weighted by atomic mass is 16.3. The summed E-state index contributed by atoms with van der Waals surface area (Å²) in [5, 5.41) is 9.56. The summed E-state index contributed by atoms with van der Waals surface area (Å²) in [5.74, 6) is 0.0856. The van der Waals surface area contributed by atoms with Crippen molar-refractivity contribution in [3.63, 3.8) is 0 Å². The Labute approximate surface area is 53.5 Å². The fourth-order valence-electron chi connectivity index (χ4n) is 0.936. The van der Waals surface area contributed by atoms with Crippen molar-refractivity contribution in [1.82, 2.24) is 0 Å². The van der Waals surface area contributed by atoms with Crippen LogP contribution in [-0.2, 0) is 0 Å². The van der Waals surface area contributed by atoms with Gasteiger partial charge in [0.2, 0.25) is 0 Å². The Kier molecular flexibility index (Phi) is 0.840. The van der Waals surface area contributed by atoms with Crippen molar-refractivity contribution in [3.8, 4) is 0 Å². The highest BCUT2D eigenvalue weighted by molar-refractivity contribution is 4.84. The SMILES string of the molecule is [2H]C1([2H])C[C@@H](C)[C@@](C)(O)C1. The first kappa shape index (κ1) is 3.89. The summed E-state index contributed by atoms with van der Waals surface area (Å²) in [7, 11) is 0. The van der Waals surface area contributed by atoms with Gasteiger partial charge in [-0.1, -0.05) is 13.3 Å². The molecule has 0 aromatic heterocycles. The molecule has 0 amide bonds. The minimum Gasteiger partial charge on any atom is -0.390 e. The zero-order valence-corrected chi connectivity index (χ0v) is 5.44. The van der Waals surface area contributed by atoms with E-state index >= 15 is 0 Å². The number of hydrogen-bond acceptors (Lipinski definition) is 1. The maximum atomic E-state index is 9.56. The summed E-state index contributed by atoms with van der Waals surface area (Å²) in [6.45, 7) is 3.60. The largest absolute Gasteiger partial charge is 0.390 e. The monoisotopic (exact) mass is 116 g/mol. The van der Waals surface area contributed by atoms with Gasteiger partial charge in [-0.15, -0.1) is 0 Å². The van der Waals surface area contributed by atoms with E-state index < -0.39 is 12.0 Å². The van der Waals surface area contributed by atoms with Crippen molar-refractivity contribution in [2.24, 2.45) is 5.92 Å². The van der Waals surface area contributed by atoms with Crippen LogP contribution in [0.3, 0.4) is 0 Å². The van der Waals surface area contributed by atoms with Gasteiger partial charge in [0.05, 0.1) is 5.60 Å². The molecular formula is C7H14O. The lowest BCUT2D eigenvalue weighted by Crippen LogP contribution is -2.26. The Morgan fingerprint density at radius 1 is 1.88 bits per heavy atom. The summed E-state index contributed by atoms with van der Waals surface area (Å²) >= 11 is 0. The first-order valence-corrected chi connectivity index (χ1v) is 3.06. The molecule has 0 aromatic carbocycles. The molecule has 0 radical (unpaired) electrons. The van der Waals surface area contributed by atoms with Gasteiger partial charge in [0.1, 0.15) is 0 Å². The Balaban J connectivity index is 2.71. The van der Waals surface area contributed by atoms with E-state index in [9.17, 15) is 5.11 Å². The van der Waals surface area contributed by atoms with Gasteiger partial charge in [-0.25, -0.2) is 0 Å². The second-order valence-electron chi connectivity index (χ2n) is 2.89. The van der Waals surface area contributed by atoms with Crippen LogP contribution in [0.2, 0.25) is 0 Å². The van der Waals surface area contributed by atoms with Gasteiger partial charge in [0, 0.05) is 2.74 Å². The van der Waals surface area contributed by atoms with E-state index in [2.05, 4.69) is 0 Å². The lowest BCUT2D eigenvalue weighted by Gasteiger charge is -2.20. The highest BCUT2D eigenvalue weighted by Crippen LogP contribution is 2.34. The molecule has 1 aliphatic rings. The number of hydrogen-bond donors (Lipinski definition) is 1. The summed E-state index contributed by atoms with van der Waals surface area (Å²) in [6.07, 6.45) is -0.385. The van der Waals surface area contributed by atoms with Crippen LogP contribution < -0.4 is 0 Å². The molecule has 0 bridgehead atoms. The van der Waals surface area contributed by atoms with Gasteiger partial charge < -0.3 is 5.11 Å². The highest BCUT2D eigenvalue weighted by Gasteiger charge is 2.32. The van der Waals surface area contributed by atoms with Gasteiger partial charge in [0.15, 0.2) is 0 Å². The lowest BCUT2D eigenvalue weighted by molar-refractivity contribution is 0.0284. The molecule has 1 heteroatoms. The summed E-state index contributed by atoms with van der Waals surface area (Å²) < 4.78 is 14.8. The first-order valence-electron chi connectivity index (χ1n) is 4.06. The second-order valence-corrected chi connectivity index (χ2v) is 2.89. The van der Waals surface area contributed by atoms with Crippen LogP contribution in [-0.4, -0.2) is 10.7 Å². The van der Waals surface area contributed by atoms with Crippen LogP contribution in [0.4, 0.5) is 0 Å². The Morgan fingerprint density at radius 3 is 2.62 bits per heavy atom. The van der Waals surface area contributed by atoms with E-state index in [1.807, 2.05) is 6.92 Å².